The lowest BCUT2D eigenvalue weighted by atomic mass is 10.1. The largest absolute Gasteiger partial charge is 0.489 e. The van der Waals surface area contributed by atoms with Crippen molar-refractivity contribution < 1.29 is 19.2 Å². The summed E-state index contributed by atoms with van der Waals surface area (Å²) in [6.45, 7) is 1.28. The Labute approximate surface area is 178 Å². The number of benzene rings is 3. The molecule has 0 heterocycles. The maximum atomic E-state index is 12.4. The number of quaternary nitrogens is 1. The second kappa shape index (κ2) is 11.0. The van der Waals surface area contributed by atoms with E-state index in [0.29, 0.717) is 12.4 Å². The SMILES string of the molecule is C[NH+](C)C[C@@H](NC(=O)COc1ccc(OCc2ccccc2)cc1)c1ccccc1. The maximum Gasteiger partial charge on any atom is 0.258 e. The van der Waals surface area contributed by atoms with Gasteiger partial charge in [-0.1, -0.05) is 60.7 Å². The quantitative estimate of drug-likeness (QED) is 0.545. The van der Waals surface area contributed by atoms with E-state index in [1.807, 2.05) is 84.9 Å². The van der Waals surface area contributed by atoms with Gasteiger partial charge in [0.05, 0.1) is 14.1 Å². The Morgan fingerprint density at radius 2 is 1.40 bits per heavy atom. The molecule has 0 aliphatic carbocycles. The minimum atomic E-state index is -0.144. The Morgan fingerprint density at radius 3 is 2.00 bits per heavy atom. The lowest BCUT2D eigenvalue weighted by molar-refractivity contribution is -0.860. The van der Waals surface area contributed by atoms with E-state index < -0.39 is 0 Å². The number of ether oxygens (including phenoxy) is 2. The fourth-order valence-electron chi connectivity index (χ4n) is 3.10. The molecule has 3 rings (SSSR count). The smallest absolute Gasteiger partial charge is 0.258 e. The third-order valence-electron chi connectivity index (χ3n) is 4.59. The van der Waals surface area contributed by atoms with E-state index in [9.17, 15) is 4.79 Å². The summed E-state index contributed by atoms with van der Waals surface area (Å²) in [7, 11) is 4.14. The molecule has 0 aromatic heterocycles. The molecule has 5 heteroatoms. The van der Waals surface area contributed by atoms with E-state index in [1.54, 1.807) is 0 Å². The summed E-state index contributed by atoms with van der Waals surface area (Å²) >= 11 is 0. The van der Waals surface area contributed by atoms with Crippen LogP contribution in [-0.4, -0.2) is 33.2 Å². The highest BCUT2D eigenvalue weighted by Gasteiger charge is 2.17. The molecule has 0 aliphatic rings. The number of hydrogen-bond acceptors (Lipinski definition) is 3. The molecule has 0 fully saturated rings. The Morgan fingerprint density at radius 1 is 0.833 bits per heavy atom. The molecule has 0 spiro atoms. The van der Waals surface area contributed by atoms with Gasteiger partial charge in [0.25, 0.3) is 5.91 Å². The van der Waals surface area contributed by atoms with Gasteiger partial charge in [-0.05, 0) is 35.4 Å². The topological polar surface area (TPSA) is 52.0 Å². The molecular formula is C25H29N2O3+. The summed E-state index contributed by atoms with van der Waals surface area (Å²) < 4.78 is 11.4. The first kappa shape index (κ1) is 21.4. The fourth-order valence-corrected chi connectivity index (χ4v) is 3.10. The van der Waals surface area contributed by atoms with Crippen LogP contribution in [0, 0.1) is 0 Å². The van der Waals surface area contributed by atoms with Gasteiger partial charge in [-0.2, -0.15) is 0 Å². The first-order valence-corrected chi connectivity index (χ1v) is 10.1. The lowest BCUT2D eigenvalue weighted by Gasteiger charge is -2.21. The van der Waals surface area contributed by atoms with Gasteiger partial charge in [-0.25, -0.2) is 0 Å². The van der Waals surface area contributed by atoms with Gasteiger partial charge in [-0.3, -0.25) is 4.79 Å². The highest BCUT2D eigenvalue weighted by atomic mass is 16.5. The van der Waals surface area contributed by atoms with E-state index in [2.05, 4.69) is 19.4 Å². The second-order valence-corrected chi connectivity index (χ2v) is 7.48. The van der Waals surface area contributed by atoms with E-state index >= 15 is 0 Å². The number of amides is 1. The summed E-state index contributed by atoms with van der Waals surface area (Å²) in [4.78, 5) is 13.7. The predicted molar refractivity (Wildman–Crippen MR) is 118 cm³/mol. The predicted octanol–water partition coefficient (Wildman–Crippen LogP) is 2.65. The van der Waals surface area contributed by atoms with Crippen molar-refractivity contribution in [3.63, 3.8) is 0 Å². The molecule has 30 heavy (non-hydrogen) atoms. The van der Waals surface area contributed by atoms with Crippen molar-refractivity contribution in [1.29, 1.82) is 0 Å². The zero-order valence-corrected chi connectivity index (χ0v) is 17.5. The van der Waals surface area contributed by atoms with Crippen LogP contribution in [0.3, 0.4) is 0 Å². The number of carbonyl (C=O) groups excluding carboxylic acids is 1. The van der Waals surface area contributed by atoms with Gasteiger partial charge in [0.1, 0.15) is 30.7 Å². The molecule has 0 saturated heterocycles. The van der Waals surface area contributed by atoms with Gasteiger partial charge < -0.3 is 19.7 Å². The average Bonchev–Trinajstić information content (AvgIpc) is 2.77. The fraction of sp³-hybridized carbons (Fsp3) is 0.240. The molecule has 1 atom stereocenters. The van der Waals surface area contributed by atoms with Crippen molar-refractivity contribution in [3.05, 3.63) is 96.1 Å². The van der Waals surface area contributed by atoms with Crippen LogP contribution in [0.25, 0.3) is 0 Å². The summed E-state index contributed by atoms with van der Waals surface area (Å²) in [6, 6.07) is 27.3. The number of carbonyl (C=O) groups is 1. The van der Waals surface area contributed by atoms with Gasteiger partial charge in [0, 0.05) is 0 Å². The van der Waals surface area contributed by atoms with E-state index in [4.69, 9.17) is 9.47 Å². The molecule has 0 radical (unpaired) electrons. The number of hydrogen-bond donors (Lipinski definition) is 2. The molecule has 2 N–H and O–H groups in total. The van der Waals surface area contributed by atoms with Crippen LogP contribution in [0.1, 0.15) is 17.2 Å². The second-order valence-electron chi connectivity index (χ2n) is 7.48. The van der Waals surface area contributed by atoms with E-state index in [0.717, 1.165) is 23.4 Å². The number of rotatable bonds is 10. The summed E-state index contributed by atoms with van der Waals surface area (Å²) in [5, 5.41) is 3.08. The minimum Gasteiger partial charge on any atom is -0.489 e. The van der Waals surface area contributed by atoms with Crippen molar-refractivity contribution >= 4 is 5.91 Å². The highest BCUT2D eigenvalue weighted by Crippen LogP contribution is 2.19. The standard InChI is InChI=1S/C25H28N2O3/c1-27(2)17-24(21-11-7-4-8-12-21)26-25(28)19-30-23-15-13-22(14-16-23)29-18-20-9-5-3-6-10-20/h3-16,24H,17-19H2,1-2H3,(H,26,28)/p+1/t24-/m1/s1. The maximum absolute atomic E-state index is 12.4. The van der Waals surface area contributed by atoms with Crippen molar-refractivity contribution in [3.8, 4) is 11.5 Å². The first-order valence-electron chi connectivity index (χ1n) is 10.1. The van der Waals surface area contributed by atoms with E-state index in [1.165, 1.54) is 4.90 Å². The van der Waals surface area contributed by atoms with Crippen molar-refractivity contribution in [2.24, 2.45) is 0 Å². The number of nitrogens with one attached hydrogen (secondary N) is 2. The first-order chi connectivity index (χ1) is 14.6. The van der Waals surface area contributed by atoms with E-state index in [-0.39, 0.29) is 18.6 Å². The monoisotopic (exact) mass is 405 g/mol. The van der Waals surface area contributed by atoms with Crippen molar-refractivity contribution in [2.75, 3.05) is 27.2 Å². The minimum absolute atomic E-state index is 0.0314. The Kier molecular flexibility index (Phi) is 7.86. The third-order valence-corrected chi connectivity index (χ3v) is 4.59. The zero-order valence-electron chi connectivity index (χ0n) is 17.5. The molecule has 0 bridgehead atoms. The summed E-state index contributed by atoms with van der Waals surface area (Å²) in [5.41, 5.74) is 2.20. The molecule has 0 unspecified atom stereocenters. The van der Waals surface area contributed by atoms with Crippen LogP contribution in [-0.2, 0) is 11.4 Å². The third kappa shape index (κ3) is 6.94. The normalized spacial score (nSPS) is 11.7. The molecule has 156 valence electrons. The van der Waals surface area contributed by atoms with Crippen LogP contribution in [0.5, 0.6) is 11.5 Å². The molecule has 1 amide bonds. The molecule has 3 aromatic rings. The Hall–Kier alpha value is -3.31. The lowest BCUT2D eigenvalue weighted by Crippen LogP contribution is -3.06. The van der Waals surface area contributed by atoms with Crippen molar-refractivity contribution in [1.82, 2.24) is 5.32 Å². The van der Waals surface area contributed by atoms with Crippen LogP contribution in [0.2, 0.25) is 0 Å². The van der Waals surface area contributed by atoms with Crippen LogP contribution in [0.4, 0.5) is 0 Å². The average molecular weight is 406 g/mol. The summed E-state index contributed by atoms with van der Waals surface area (Å²) in [6.07, 6.45) is 0. The van der Waals surface area contributed by atoms with Gasteiger partial charge in [0.15, 0.2) is 6.61 Å². The van der Waals surface area contributed by atoms with Gasteiger partial charge in [-0.15, -0.1) is 0 Å². The van der Waals surface area contributed by atoms with Gasteiger partial charge >= 0.3 is 0 Å². The summed E-state index contributed by atoms with van der Waals surface area (Å²) in [5.74, 6) is 1.25. The molecule has 3 aromatic carbocycles. The Bertz CT molecular complexity index is 897. The highest BCUT2D eigenvalue weighted by molar-refractivity contribution is 5.78. The van der Waals surface area contributed by atoms with Crippen molar-refractivity contribution in [2.45, 2.75) is 12.6 Å². The molecule has 5 nitrogen and oxygen atoms in total. The molecule has 0 aliphatic heterocycles. The Balaban J connectivity index is 1.48. The zero-order chi connectivity index (χ0) is 21.2. The molecular weight excluding hydrogens is 376 g/mol. The number of likely N-dealkylation sites (N-methyl/N-ethyl adjacent to an activating group) is 1. The van der Waals surface area contributed by atoms with Crippen LogP contribution < -0.4 is 19.7 Å². The van der Waals surface area contributed by atoms with Crippen LogP contribution >= 0.6 is 0 Å². The molecule has 0 saturated carbocycles. The van der Waals surface area contributed by atoms with Gasteiger partial charge in [0.2, 0.25) is 0 Å². The van der Waals surface area contributed by atoms with Crippen LogP contribution in [0.15, 0.2) is 84.9 Å².